The van der Waals surface area contributed by atoms with Gasteiger partial charge in [-0.3, -0.25) is 0 Å². The highest BCUT2D eigenvalue weighted by Crippen LogP contribution is 2.20. The highest BCUT2D eigenvalue weighted by molar-refractivity contribution is 9.10. The molecule has 0 bridgehead atoms. The van der Waals surface area contributed by atoms with Crippen LogP contribution in [-0.2, 0) is 0 Å². The summed E-state index contributed by atoms with van der Waals surface area (Å²) in [6.45, 7) is 0. The summed E-state index contributed by atoms with van der Waals surface area (Å²) < 4.78 is 42.5. The van der Waals surface area contributed by atoms with E-state index in [1.165, 1.54) is 15.6 Å². The second kappa shape index (κ2) is 9.11. The smallest absolute Gasteiger partial charge is 0.0623 e. The van der Waals surface area contributed by atoms with Crippen molar-refractivity contribution in [1.82, 2.24) is 0 Å². The van der Waals surface area contributed by atoms with Crippen LogP contribution in [0.25, 0.3) is 11.1 Å². The lowest BCUT2D eigenvalue weighted by Crippen LogP contribution is -2.74. The molecule has 0 N–H and O–H groups in total. The van der Waals surface area contributed by atoms with Gasteiger partial charge in [0.15, 0.2) is 8.07 Å². The van der Waals surface area contributed by atoms with Crippen molar-refractivity contribution in [2.75, 3.05) is 0 Å². The van der Waals surface area contributed by atoms with Crippen molar-refractivity contribution in [3.8, 4) is 11.1 Å². The summed E-state index contributed by atoms with van der Waals surface area (Å²) in [7, 11) is -2.83. The molecule has 0 atom stereocenters. The van der Waals surface area contributed by atoms with Crippen LogP contribution in [0.3, 0.4) is 0 Å². The van der Waals surface area contributed by atoms with Crippen LogP contribution in [0.15, 0.2) is 144 Å². The predicted octanol–water partition coefficient (Wildman–Crippen LogP) is 5.49. The summed E-state index contributed by atoms with van der Waals surface area (Å²) in [5.74, 6) is 0. The molecule has 32 heavy (non-hydrogen) atoms. The fourth-order valence-corrected chi connectivity index (χ4v) is 9.41. The Hall–Kier alpha value is -3.20. The minimum atomic E-state index is -2.83. The van der Waals surface area contributed by atoms with Crippen LogP contribution in [0.4, 0.5) is 0 Å². The molecule has 0 nitrogen and oxygen atoms in total. The van der Waals surface area contributed by atoms with Crippen molar-refractivity contribution in [3.63, 3.8) is 0 Å². The van der Waals surface area contributed by atoms with E-state index < -0.39 is 8.07 Å². The molecule has 5 rings (SSSR count). The lowest BCUT2D eigenvalue weighted by molar-refractivity contribution is 1.62. The molecule has 5 aromatic carbocycles. The average molecular weight is 497 g/mol. The molecule has 0 fully saturated rings. The first-order valence-electron chi connectivity index (χ1n) is 12.9. The van der Waals surface area contributed by atoms with Gasteiger partial charge in [0.2, 0.25) is 0 Å². The molecule has 0 aliphatic heterocycles. The van der Waals surface area contributed by atoms with E-state index in [0.717, 1.165) is 9.66 Å². The number of hydrogen-bond acceptors (Lipinski definition) is 0. The molecule has 0 unspecified atom stereocenters. The Labute approximate surface area is 206 Å². The molecule has 0 saturated heterocycles. The molecule has 0 heterocycles. The van der Waals surface area contributed by atoms with Gasteiger partial charge in [0.05, 0.1) is 6.85 Å². The molecule has 5 aromatic rings. The van der Waals surface area contributed by atoms with Crippen LogP contribution in [0.5, 0.6) is 0 Å². The monoisotopic (exact) mass is 495 g/mol. The topological polar surface area (TPSA) is 0 Å². The summed E-state index contributed by atoms with van der Waals surface area (Å²) in [4.78, 5) is 0. The molecule has 0 saturated carbocycles. The third-order valence-electron chi connectivity index (χ3n) is 5.78. The first kappa shape index (κ1) is 15.6. The highest BCUT2D eigenvalue weighted by atomic mass is 79.9. The molecule has 0 aliphatic carbocycles. The van der Waals surface area contributed by atoms with Crippen LogP contribution in [-0.4, -0.2) is 8.07 Å². The Kier molecular flexibility index (Phi) is 4.44. The van der Waals surface area contributed by atoms with Gasteiger partial charge in [-0.1, -0.05) is 143 Å². The van der Waals surface area contributed by atoms with Gasteiger partial charge in [-0.05, 0) is 44.0 Å². The predicted molar refractivity (Wildman–Crippen MR) is 143 cm³/mol. The molecule has 0 aromatic heterocycles. The van der Waals surface area contributed by atoms with Crippen LogP contribution >= 0.6 is 15.9 Å². The van der Waals surface area contributed by atoms with E-state index in [2.05, 4.69) is 94.8 Å². The number of benzene rings is 5. The van der Waals surface area contributed by atoms with E-state index in [4.69, 9.17) is 6.85 Å². The van der Waals surface area contributed by atoms with Crippen LogP contribution < -0.4 is 20.7 Å². The van der Waals surface area contributed by atoms with E-state index in [1.807, 2.05) is 30.3 Å². The lowest BCUT2D eigenvalue weighted by Gasteiger charge is -2.34. The number of hydrogen-bond donors (Lipinski definition) is 0. The van der Waals surface area contributed by atoms with E-state index in [9.17, 15) is 0 Å². The lowest BCUT2D eigenvalue weighted by atomic mass is 10.1. The summed E-state index contributed by atoms with van der Waals surface area (Å²) >= 11 is 3.58. The summed E-state index contributed by atoms with van der Waals surface area (Å²) in [6.07, 6.45) is 0. The van der Waals surface area contributed by atoms with Gasteiger partial charge in [-0.25, -0.2) is 0 Å². The maximum Gasteiger partial charge on any atom is 0.179 e. The van der Waals surface area contributed by atoms with Crippen LogP contribution in [0, 0.1) is 0 Å². The average Bonchev–Trinajstić information content (AvgIpc) is 2.94. The highest BCUT2D eigenvalue weighted by Gasteiger charge is 2.41. The van der Waals surface area contributed by atoms with Crippen molar-refractivity contribution in [3.05, 3.63) is 144 Å². The largest absolute Gasteiger partial charge is 0.179 e. The van der Waals surface area contributed by atoms with Gasteiger partial charge in [0, 0.05) is 4.47 Å². The van der Waals surface area contributed by atoms with E-state index in [1.54, 1.807) is 0 Å². The molecule has 0 radical (unpaired) electrons. The SMILES string of the molecule is [2H]c1c([2H])c([2H])c(-c2cccc([Si](c3ccccc3)(c3ccccc3)c3ccc(Br)cc3)c2)c([2H])c1[2H]. The molecule has 0 spiro atoms. The second-order valence-corrected chi connectivity index (χ2v) is 12.3. The van der Waals surface area contributed by atoms with Crippen LogP contribution in [0.1, 0.15) is 6.85 Å². The molecule has 0 amide bonds. The third-order valence-corrected chi connectivity index (χ3v) is 11.1. The second-order valence-electron chi connectivity index (χ2n) is 7.57. The zero-order valence-corrected chi connectivity index (χ0v) is 19.9. The standard InChI is InChI=1S/C30H23BrSi/c31-26-19-21-29(22-20-26)32(27-14-6-2-7-15-27,28-16-8-3-9-17-28)30-18-10-13-25(23-30)24-11-4-1-5-12-24/h1-23H/i1D,4D,5D,11D,12D. The van der Waals surface area contributed by atoms with Gasteiger partial charge in [-0.15, -0.1) is 0 Å². The Balaban J connectivity index is 1.88. The fraction of sp³-hybridized carbons (Fsp3) is 0. The normalized spacial score (nSPS) is 13.5. The van der Waals surface area contributed by atoms with Crippen molar-refractivity contribution >= 4 is 44.8 Å². The molecule has 0 aliphatic rings. The van der Waals surface area contributed by atoms with E-state index >= 15 is 0 Å². The van der Waals surface area contributed by atoms with Gasteiger partial charge in [-0.2, -0.15) is 0 Å². The molecular weight excluding hydrogens is 468 g/mol. The maximum atomic E-state index is 8.55. The van der Waals surface area contributed by atoms with Crippen molar-refractivity contribution in [2.45, 2.75) is 0 Å². The van der Waals surface area contributed by atoms with Crippen molar-refractivity contribution in [1.29, 1.82) is 0 Å². The Morgan fingerprint density at radius 3 is 1.62 bits per heavy atom. The minimum Gasteiger partial charge on any atom is -0.0623 e. The Bertz CT molecular complexity index is 1500. The number of halogens is 1. The third kappa shape index (κ3) is 3.77. The summed E-state index contributed by atoms with van der Waals surface area (Å²) in [6, 6.07) is 35.8. The first-order chi connectivity index (χ1) is 17.9. The van der Waals surface area contributed by atoms with Gasteiger partial charge in [0.1, 0.15) is 0 Å². The summed E-state index contributed by atoms with van der Waals surface area (Å²) in [5, 5.41) is 4.64. The zero-order chi connectivity index (χ0) is 26.2. The zero-order valence-electron chi connectivity index (χ0n) is 22.3. The van der Waals surface area contributed by atoms with E-state index in [0.29, 0.717) is 5.56 Å². The molecule has 154 valence electrons. The van der Waals surface area contributed by atoms with Gasteiger partial charge in [0.25, 0.3) is 0 Å². The molecule has 2 heteroatoms. The van der Waals surface area contributed by atoms with Crippen molar-refractivity contribution < 1.29 is 6.85 Å². The summed E-state index contributed by atoms with van der Waals surface area (Å²) in [5.41, 5.74) is 0.822. The Morgan fingerprint density at radius 1 is 0.500 bits per heavy atom. The van der Waals surface area contributed by atoms with Gasteiger partial charge < -0.3 is 0 Å². The quantitative estimate of drug-likeness (QED) is 0.223. The maximum absolute atomic E-state index is 8.55. The van der Waals surface area contributed by atoms with Crippen LogP contribution in [0.2, 0.25) is 0 Å². The van der Waals surface area contributed by atoms with Crippen molar-refractivity contribution in [2.24, 2.45) is 0 Å². The first-order valence-corrected chi connectivity index (χ1v) is 13.2. The Morgan fingerprint density at radius 2 is 1.03 bits per heavy atom. The number of rotatable bonds is 5. The molecular formula is C30H23BrSi. The van der Waals surface area contributed by atoms with E-state index in [-0.39, 0.29) is 35.8 Å². The minimum absolute atomic E-state index is 0.196. The fourth-order valence-electron chi connectivity index (χ4n) is 4.38. The van der Waals surface area contributed by atoms with Gasteiger partial charge >= 0.3 is 0 Å².